The highest BCUT2D eigenvalue weighted by atomic mass is 19.1. The van der Waals surface area contributed by atoms with Gasteiger partial charge in [-0.1, -0.05) is 0 Å². The first kappa shape index (κ1) is 28.6. The number of piperidine rings is 1. The molecule has 43 heavy (non-hydrogen) atoms. The van der Waals surface area contributed by atoms with Crippen molar-refractivity contribution in [3.05, 3.63) is 63.9 Å². The van der Waals surface area contributed by atoms with Crippen molar-refractivity contribution in [2.45, 2.75) is 63.6 Å². The maximum atomic E-state index is 15.3. The third-order valence-corrected chi connectivity index (χ3v) is 8.42. The van der Waals surface area contributed by atoms with Crippen molar-refractivity contribution in [3.8, 4) is 0 Å². The Kier molecular flexibility index (Phi) is 7.53. The fraction of sp³-hybridized carbons (Fsp3) is 0.419. The molecule has 1 aliphatic carbocycles. The lowest BCUT2D eigenvalue weighted by Crippen LogP contribution is -2.39. The van der Waals surface area contributed by atoms with E-state index in [0.717, 1.165) is 18.9 Å². The molecule has 0 bridgehead atoms. The van der Waals surface area contributed by atoms with Gasteiger partial charge in [-0.3, -0.25) is 9.69 Å². The molecule has 12 heteroatoms. The molecule has 0 radical (unpaired) electrons. The molecule has 3 heterocycles. The molecule has 1 amide bonds. The zero-order valence-electron chi connectivity index (χ0n) is 23.6. The molecule has 0 spiro atoms. The van der Waals surface area contributed by atoms with E-state index in [1.54, 1.807) is 22.8 Å². The van der Waals surface area contributed by atoms with Crippen LogP contribution >= 0.6 is 0 Å². The van der Waals surface area contributed by atoms with E-state index in [4.69, 9.17) is 4.74 Å². The molecule has 1 aromatic heterocycles. The Morgan fingerprint density at radius 3 is 2.44 bits per heavy atom. The lowest BCUT2D eigenvalue weighted by atomic mass is 10.0. The quantitative estimate of drug-likeness (QED) is 0.352. The van der Waals surface area contributed by atoms with E-state index in [9.17, 15) is 24.3 Å². The fourth-order valence-electron chi connectivity index (χ4n) is 5.93. The molecule has 3 fully saturated rings. The maximum Gasteiger partial charge on any atom is 0.414 e. The number of nitrogens with one attached hydrogen (secondary N) is 1. The smallest absolute Gasteiger partial charge is 0.414 e. The SMILES string of the molecule is CC(=O)CC[C@H]1CN(c2ccc(NC3CCN(c4cc5c(cc4F)c(=O)c(C(=O)O)cn5C4CC4)CC3)c(F)c2)C(=O)O1. The standard InChI is InChI=1S/C31H32F2N4O6/c1-17(38)2-6-21-15-37(31(42)43-21)20-5-7-26(24(32)12-20)34-18-8-10-35(11-9-18)28-14-27-22(13-25(28)33)29(39)23(30(40)41)16-36(27)19-3-4-19/h5,7,12-14,16,18-19,21,34H,2-4,6,8-11,15H2,1H3,(H,40,41)/t21-/m0/s1. The van der Waals surface area contributed by atoms with Gasteiger partial charge < -0.3 is 29.4 Å². The van der Waals surface area contributed by atoms with Crippen molar-refractivity contribution < 1.29 is 33.0 Å². The van der Waals surface area contributed by atoms with Gasteiger partial charge in [0, 0.05) is 43.2 Å². The number of rotatable bonds is 9. The second kappa shape index (κ2) is 11.3. The number of hydrogen-bond acceptors (Lipinski definition) is 7. The van der Waals surface area contributed by atoms with Crippen molar-refractivity contribution in [3.63, 3.8) is 0 Å². The average molecular weight is 595 g/mol. The number of halogens is 2. The number of anilines is 3. The van der Waals surface area contributed by atoms with Crippen molar-refractivity contribution in [1.29, 1.82) is 0 Å². The molecular formula is C31H32F2N4O6. The molecule has 1 atom stereocenters. The van der Waals surface area contributed by atoms with E-state index < -0.39 is 35.2 Å². The number of hydrogen-bond donors (Lipinski definition) is 2. The van der Waals surface area contributed by atoms with Crippen LogP contribution in [0.5, 0.6) is 0 Å². The summed E-state index contributed by atoms with van der Waals surface area (Å²) in [5.41, 5.74) is 0.464. The van der Waals surface area contributed by atoms with Gasteiger partial charge in [0.25, 0.3) is 0 Å². The Balaban J connectivity index is 1.12. The number of pyridine rings is 1. The summed E-state index contributed by atoms with van der Waals surface area (Å²) in [5.74, 6) is -2.43. The third kappa shape index (κ3) is 5.78. The molecule has 3 aliphatic rings. The fourth-order valence-corrected chi connectivity index (χ4v) is 5.93. The van der Waals surface area contributed by atoms with Crippen molar-refractivity contribution in [2.75, 3.05) is 34.8 Å². The van der Waals surface area contributed by atoms with Crippen LogP contribution in [0.1, 0.15) is 61.8 Å². The molecule has 1 saturated carbocycles. The molecule has 6 rings (SSSR count). The summed E-state index contributed by atoms with van der Waals surface area (Å²) < 4.78 is 37.5. The number of carbonyl (C=O) groups is 3. The number of ether oxygens (including phenoxy) is 1. The molecule has 226 valence electrons. The number of nitrogens with zero attached hydrogens (tertiary/aromatic N) is 3. The molecule has 3 aromatic rings. The summed E-state index contributed by atoms with van der Waals surface area (Å²) in [6.45, 7) is 2.71. The van der Waals surface area contributed by atoms with Crippen LogP contribution in [0, 0.1) is 11.6 Å². The highest BCUT2D eigenvalue weighted by molar-refractivity contribution is 5.94. The second-order valence-corrected chi connectivity index (χ2v) is 11.6. The number of carboxylic acid groups (broad SMARTS) is 1. The average Bonchev–Trinajstić information content (AvgIpc) is 3.75. The largest absolute Gasteiger partial charge is 0.477 e. The third-order valence-electron chi connectivity index (χ3n) is 8.42. The first-order valence-electron chi connectivity index (χ1n) is 14.5. The minimum absolute atomic E-state index is 0.0137. The van der Waals surface area contributed by atoms with E-state index in [2.05, 4.69) is 5.32 Å². The molecule has 2 N–H and O–H groups in total. The van der Waals surface area contributed by atoms with Crippen LogP contribution in [-0.4, -0.2) is 59.3 Å². The monoisotopic (exact) mass is 594 g/mol. The Labute approximate surface area is 245 Å². The van der Waals surface area contributed by atoms with E-state index in [-0.39, 0.29) is 35.4 Å². The zero-order valence-corrected chi connectivity index (χ0v) is 23.6. The number of carboxylic acids is 1. The van der Waals surface area contributed by atoms with E-state index in [1.165, 1.54) is 24.1 Å². The van der Waals surface area contributed by atoms with Gasteiger partial charge in [-0.05, 0) is 69.4 Å². The van der Waals surface area contributed by atoms with Crippen LogP contribution in [0.3, 0.4) is 0 Å². The number of aromatic nitrogens is 1. The number of Topliss-reactive ketones (excluding diaryl/α,β-unsaturated/α-hetero) is 1. The number of cyclic esters (lactones) is 1. The molecule has 2 aromatic carbocycles. The van der Waals surface area contributed by atoms with Crippen molar-refractivity contribution in [1.82, 2.24) is 4.57 Å². The van der Waals surface area contributed by atoms with Crippen LogP contribution in [0.15, 0.2) is 41.3 Å². The summed E-state index contributed by atoms with van der Waals surface area (Å²) in [6, 6.07) is 7.30. The number of carbonyl (C=O) groups excluding carboxylic acids is 2. The van der Waals surface area contributed by atoms with Gasteiger partial charge in [0.2, 0.25) is 5.43 Å². The maximum absolute atomic E-state index is 15.3. The van der Waals surface area contributed by atoms with Gasteiger partial charge in [0.05, 0.1) is 29.1 Å². The van der Waals surface area contributed by atoms with Gasteiger partial charge >= 0.3 is 12.1 Å². The van der Waals surface area contributed by atoms with E-state index >= 15 is 8.78 Å². The highest BCUT2D eigenvalue weighted by Crippen LogP contribution is 2.38. The summed E-state index contributed by atoms with van der Waals surface area (Å²) >= 11 is 0. The highest BCUT2D eigenvalue weighted by Gasteiger charge is 2.33. The minimum Gasteiger partial charge on any atom is -0.477 e. The van der Waals surface area contributed by atoms with Crippen molar-refractivity contribution >= 4 is 45.8 Å². The van der Waals surface area contributed by atoms with Gasteiger partial charge in [-0.25, -0.2) is 18.4 Å². The van der Waals surface area contributed by atoms with Gasteiger partial charge in [0.1, 0.15) is 29.1 Å². The zero-order chi connectivity index (χ0) is 30.4. The van der Waals surface area contributed by atoms with Crippen LogP contribution in [-0.2, 0) is 9.53 Å². The predicted molar refractivity (Wildman–Crippen MR) is 156 cm³/mol. The molecule has 2 saturated heterocycles. The number of ketones is 1. The molecule has 0 unspecified atom stereocenters. The molecule has 2 aliphatic heterocycles. The Hall–Kier alpha value is -4.48. The summed E-state index contributed by atoms with van der Waals surface area (Å²) in [6.07, 6.45) is 4.03. The Morgan fingerprint density at radius 2 is 1.79 bits per heavy atom. The normalized spacial score (nSPS) is 19.1. The van der Waals surface area contributed by atoms with Crippen LogP contribution in [0.4, 0.5) is 30.6 Å². The number of amides is 1. The van der Waals surface area contributed by atoms with Gasteiger partial charge in [-0.2, -0.15) is 0 Å². The van der Waals surface area contributed by atoms with Gasteiger partial charge in [-0.15, -0.1) is 0 Å². The predicted octanol–water partition coefficient (Wildman–Crippen LogP) is 5.09. The first-order chi connectivity index (χ1) is 20.6. The van der Waals surface area contributed by atoms with E-state index in [0.29, 0.717) is 61.4 Å². The summed E-state index contributed by atoms with van der Waals surface area (Å²) in [5, 5.41) is 12.7. The Morgan fingerprint density at radius 1 is 1.05 bits per heavy atom. The van der Waals surface area contributed by atoms with E-state index in [1.807, 2.05) is 4.90 Å². The minimum atomic E-state index is -1.33. The molecule has 10 nitrogen and oxygen atoms in total. The van der Waals surface area contributed by atoms with Crippen LogP contribution < -0.4 is 20.5 Å². The summed E-state index contributed by atoms with van der Waals surface area (Å²) in [7, 11) is 0. The number of fused-ring (bicyclic) bond motifs is 1. The lowest BCUT2D eigenvalue weighted by molar-refractivity contribution is -0.117. The van der Waals surface area contributed by atoms with Crippen molar-refractivity contribution in [2.24, 2.45) is 0 Å². The number of benzene rings is 2. The van der Waals surface area contributed by atoms with Gasteiger partial charge in [0.15, 0.2) is 0 Å². The van der Waals surface area contributed by atoms with Crippen LogP contribution in [0.2, 0.25) is 0 Å². The molecular weight excluding hydrogens is 562 g/mol. The second-order valence-electron chi connectivity index (χ2n) is 11.6. The van der Waals surface area contributed by atoms with Crippen LogP contribution in [0.25, 0.3) is 10.9 Å². The lowest BCUT2D eigenvalue weighted by Gasteiger charge is -2.35. The number of aromatic carboxylic acids is 1. The topological polar surface area (TPSA) is 121 Å². The first-order valence-corrected chi connectivity index (χ1v) is 14.5. The summed E-state index contributed by atoms with van der Waals surface area (Å²) in [4.78, 5) is 51.2. The Bertz CT molecular complexity index is 1680.